The summed E-state index contributed by atoms with van der Waals surface area (Å²) >= 11 is 0. The van der Waals surface area contributed by atoms with Gasteiger partial charge in [-0.3, -0.25) is 0 Å². The number of rotatable bonds is 6. The van der Waals surface area contributed by atoms with Crippen LogP contribution in [0.1, 0.15) is 12.8 Å². The van der Waals surface area contributed by atoms with Crippen LogP contribution in [0.3, 0.4) is 0 Å². The lowest BCUT2D eigenvalue weighted by atomic mass is 10.4. The van der Waals surface area contributed by atoms with Crippen molar-refractivity contribution in [2.75, 3.05) is 26.3 Å². The Bertz CT molecular complexity index is 49.0. The molecule has 0 spiro atoms. The zero-order valence-electron chi connectivity index (χ0n) is 6.21. The van der Waals surface area contributed by atoms with Crippen LogP contribution in [0.15, 0.2) is 0 Å². The molecule has 0 saturated carbocycles. The van der Waals surface area contributed by atoms with Crippen molar-refractivity contribution >= 4 is 12.4 Å². The van der Waals surface area contributed by atoms with Gasteiger partial charge in [-0.15, -0.1) is 12.4 Å². The second-order valence-corrected chi connectivity index (χ2v) is 1.90. The molecule has 0 atom stereocenters. The van der Waals surface area contributed by atoms with Gasteiger partial charge in [0, 0.05) is 13.2 Å². The first-order valence-corrected chi connectivity index (χ1v) is 3.39. The predicted molar refractivity (Wildman–Crippen MR) is 45.4 cm³/mol. The van der Waals surface area contributed by atoms with Gasteiger partial charge in [0.25, 0.3) is 0 Å². The average molecular weight is 169 g/mol. The van der Waals surface area contributed by atoms with Crippen molar-refractivity contribution in [1.82, 2.24) is 0 Å². The van der Waals surface area contributed by atoms with Crippen LogP contribution in [-0.4, -0.2) is 26.3 Å². The summed E-state index contributed by atoms with van der Waals surface area (Å²) in [5.74, 6) is 0. The average Bonchev–Trinajstić information content (AvgIpc) is 1.89. The Morgan fingerprint density at radius 1 is 0.900 bits per heavy atom. The summed E-state index contributed by atoms with van der Waals surface area (Å²) < 4.78 is 5.15. The van der Waals surface area contributed by atoms with Gasteiger partial charge in [-0.25, -0.2) is 0 Å². The number of ether oxygens (including phenoxy) is 1. The first-order chi connectivity index (χ1) is 4.41. The molecule has 3 nitrogen and oxygen atoms in total. The summed E-state index contributed by atoms with van der Waals surface area (Å²) in [6.45, 7) is 2.97. The SMILES string of the molecule is Cl.NCCCOCCCN. The van der Waals surface area contributed by atoms with Gasteiger partial charge in [-0.05, 0) is 25.9 Å². The maximum Gasteiger partial charge on any atom is 0.0478 e. The topological polar surface area (TPSA) is 61.3 Å². The molecule has 0 aliphatic rings. The Morgan fingerprint density at radius 2 is 1.30 bits per heavy atom. The van der Waals surface area contributed by atoms with Crippen LogP contribution in [-0.2, 0) is 4.74 Å². The molecule has 0 aromatic rings. The van der Waals surface area contributed by atoms with Gasteiger partial charge in [0.2, 0.25) is 0 Å². The van der Waals surface area contributed by atoms with Crippen molar-refractivity contribution in [2.45, 2.75) is 12.8 Å². The lowest BCUT2D eigenvalue weighted by Crippen LogP contribution is -2.08. The third kappa shape index (κ3) is 11.0. The van der Waals surface area contributed by atoms with Gasteiger partial charge in [-0.1, -0.05) is 0 Å². The fourth-order valence-corrected chi connectivity index (χ4v) is 0.473. The quantitative estimate of drug-likeness (QED) is 0.554. The van der Waals surface area contributed by atoms with E-state index in [4.69, 9.17) is 16.2 Å². The zero-order valence-corrected chi connectivity index (χ0v) is 7.03. The summed E-state index contributed by atoms with van der Waals surface area (Å²) in [6, 6.07) is 0. The second kappa shape index (κ2) is 11.9. The van der Waals surface area contributed by atoms with Crippen LogP contribution >= 0.6 is 12.4 Å². The summed E-state index contributed by atoms with van der Waals surface area (Å²) in [5, 5.41) is 0. The van der Waals surface area contributed by atoms with Gasteiger partial charge in [0.05, 0.1) is 0 Å². The van der Waals surface area contributed by atoms with Crippen LogP contribution in [0.4, 0.5) is 0 Å². The minimum atomic E-state index is 0. The Morgan fingerprint density at radius 3 is 1.60 bits per heavy atom. The van der Waals surface area contributed by atoms with Crippen LogP contribution < -0.4 is 11.5 Å². The predicted octanol–water partition coefficient (Wildman–Crippen LogP) is 0.122. The largest absolute Gasteiger partial charge is 0.381 e. The molecule has 0 bridgehead atoms. The Balaban J connectivity index is 0. The number of hydrogen-bond acceptors (Lipinski definition) is 3. The van der Waals surface area contributed by atoms with E-state index in [1.807, 2.05) is 0 Å². The molecule has 0 rings (SSSR count). The Kier molecular flexibility index (Phi) is 15.3. The van der Waals surface area contributed by atoms with Gasteiger partial charge in [-0.2, -0.15) is 0 Å². The lowest BCUT2D eigenvalue weighted by Gasteiger charge is -1.99. The van der Waals surface area contributed by atoms with Gasteiger partial charge < -0.3 is 16.2 Å². The van der Waals surface area contributed by atoms with Crippen molar-refractivity contribution in [1.29, 1.82) is 0 Å². The Labute approximate surface area is 68.5 Å². The van der Waals surface area contributed by atoms with Crippen LogP contribution in [0, 0.1) is 0 Å². The molecular weight excluding hydrogens is 152 g/mol. The van der Waals surface area contributed by atoms with E-state index in [0.29, 0.717) is 13.1 Å². The standard InChI is InChI=1S/C6H16N2O.ClH/c7-3-1-5-9-6-2-4-8;/h1-8H2;1H. The maximum atomic E-state index is 5.24. The third-order valence-corrected chi connectivity index (χ3v) is 0.986. The van der Waals surface area contributed by atoms with Crippen molar-refractivity contribution in [3.63, 3.8) is 0 Å². The van der Waals surface area contributed by atoms with E-state index < -0.39 is 0 Å². The summed E-state index contributed by atoms with van der Waals surface area (Å²) in [6.07, 6.45) is 1.90. The second-order valence-electron chi connectivity index (χ2n) is 1.90. The molecule has 64 valence electrons. The molecule has 0 heterocycles. The minimum absolute atomic E-state index is 0. The normalized spacial score (nSPS) is 9.00. The zero-order chi connectivity index (χ0) is 6.95. The van der Waals surface area contributed by atoms with E-state index in [1.165, 1.54) is 0 Å². The molecule has 4 N–H and O–H groups in total. The van der Waals surface area contributed by atoms with E-state index in [9.17, 15) is 0 Å². The van der Waals surface area contributed by atoms with Crippen LogP contribution in [0.5, 0.6) is 0 Å². The molecule has 0 unspecified atom stereocenters. The molecule has 0 aliphatic carbocycles. The first-order valence-electron chi connectivity index (χ1n) is 3.39. The van der Waals surface area contributed by atoms with Crippen molar-refractivity contribution < 1.29 is 4.74 Å². The third-order valence-electron chi connectivity index (χ3n) is 0.986. The molecule has 0 radical (unpaired) electrons. The highest BCUT2D eigenvalue weighted by Crippen LogP contribution is 1.81. The van der Waals surface area contributed by atoms with E-state index in [-0.39, 0.29) is 12.4 Å². The molecule has 0 amide bonds. The summed E-state index contributed by atoms with van der Waals surface area (Å²) in [4.78, 5) is 0. The van der Waals surface area contributed by atoms with E-state index >= 15 is 0 Å². The highest BCUT2D eigenvalue weighted by atomic mass is 35.5. The number of nitrogens with two attached hydrogens (primary N) is 2. The molecule has 0 fully saturated rings. The van der Waals surface area contributed by atoms with Crippen molar-refractivity contribution in [3.8, 4) is 0 Å². The van der Waals surface area contributed by atoms with Gasteiger partial charge in [0.1, 0.15) is 0 Å². The molecule has 0 aromatic carbocycles. The van der Waals surface area contributed by atoms with Crippen molar-refractivity contribution in [2.24, 2.45) is 11.5 Å². The molecule has 0 aromatic heterocycles. The van der Waals surface area contributed by atoms with E-state index in [1.54, 1.807) is 0 Å². The van der Waals surface area contributed by atoms with E-state index in [0.717, 1.165) is 26.1 Å². The van der Waals surface area contributed by atoms with E-state index in [2.05, 4.69) is 0 Å². The lowest BCUT2D eigenvalue weighted by molar-refractivity contribution is 0.132. The highest BCUT2D eigenvalue weighted by molar-refractivity contribution is 5.85. The number of halogens is 1. The van der Waals surface area contributed by atoms with Gasteiger partial charge >= 0.3 is 0 Å². The Hall–Kier alpha value is 0.170. The monoisotopic (exact) mass is 168 g/mol. The van der Waals surface area contributed by atoms with Crippen LogP contribution in [0.2, 0.25) is 0 Å². The highest BCUT2D eigenvalue weighted by Gasteiger charge is 1.84. The molecule has 4 heteroatoms. The molecule has 0 saturated heterocycles. The van der Waals surface area contributed by atoms with Gasteiger partial charge in [0.15, 0.2) is 0 Å². The maximum absolute atomic E-state index is 5.24. The summed E-state index contributed by atoms with van der Waals surface area (Å²) in [5.41, 5.74) is 10.5. The smallest absolute Gasteiger partial charge is 0.0478 e. The molecule has 10 heavy (non-hydrogen) atoms. The molecular formula is C6H17ClN2O. The fraction of sp³-hybridized carbons (Fsp3) is 1.00. The van der Waals surface area contributed by atoms with Crippen LogP contribution in [0.25, 0.3) is 0 Å². The first kappa shape index (κ1) is 12.8. The van der Waals surface area contributed by atoms with Crippen molar-refractivity contribution in [3.05, 3.63) is 0 Å². The number of hydrogen-bond donors (Lipinski definition) is 2. The molecule has 0 aliphatic heterocycles. The fourth-order valence-electron chi connectivity index (χ4n) is 0.473. The minimum Gasteiger partial charge on any atom is -0.381 e. The summed E-state index contributed by atoms with van der Waals surface area (Å²) in [7, 11) is 0.